The lowest BCUT2D eigenvalue weighted by Crippen LogP contribution is -2.65. The molecule has 2 heterocycles. The molecule has 30 heavy (non-hydrogen) atoms. The third-order valence-electron chi connectivity index (χ3n) is 6.97. The number of carbonyl (C=O) groups is 1. The average molecular weight is 445 g/mol. The van der Waals surface area contributed by atoms with Gasteiger partial charge >= 0.3 is 0 Å². The maximum Gasteiger partial charge on any atom is 0.237 e. The van der Waals surface area contributed by atoms with E-state index in [0.717, 1.165) is 25.3 Å². The molecule has 0 aromatic rings. The van der Waals surface area contributed by atoms with Gasteiger partial charge in [0.1, 0.15) is 29.9 Å². The number of hydrogen-bond donors (Lipinski definition) is 5. The Balaban J connectivity index is 1.57. The molecule has 5 N–H and O–H groups in total. The zero-order valence-corrected chi connectivity index (χ0v) is 19.3. The molecule has 174 valence electrons. The van der Waals surface area contributed by atoms with E-state index in [2.05, 4.69) is 10.6 Å². The Hall–Kier alpha value is -0.380. The summed E-state index contributed by atoms with van der Waals surface area (Å²) in [4.78, 5) is 13.1. The largest absolute Gasteiger partial charge is 0.388 e. The Morgan fingerprint density at radius 2 is 1.80 bits per heavy atom. The third-order valence-corrected chi connectivity index (χ3v) is 7.83. The molecule has 3 aliphatic rings. The van der Waals surface area contributed by atoms with Crippen LogP contribution in [0.3, 0.4) is 0 Å². The molecule has 3 fully saturated rings. The lowest BCUT2D eigenvalue weighted by Gasteiger charge is -2.44. The molecule has 0 radical (unpaired) electrons. The zero-order chi connectivity index (χ0) is 21.8. The number of thioether (sulfide) groups is 1. The maximum absolute atomic E-state index is 13.1. The Morgan fingerprint density at radius 3 is 2.43 bits per heavy atom. The van der Waals surface area contributed by atoms with Crippen molar-refractivity contribution >= 4 is 17.7 Å². The van der Waals surface area contributed by atoms with Gasteiger partial charge in [-0.05, 0) is 43.4 Å². The van der Waals surface area contributed by atoms with Crippen molar-refractivity contribution in [3.05, 3.63) is 0 Å². The summed E-state index contributed by atoms with van der Waals surface area (Å²) >= 11 is 1.29. The minimum atomic E-state index is -1.30. The predicted octanol–water partition coefficient (Wildman–Crippen LogP) is 1.25. The Labute approximate surface area is 184 Å². The van der Waals surface area contributed by atoms with E-state index in [9.17, 15) is 20.1 Å². The minimum Gasteiger partial charge on any atom is -0.388 e. The first-order valence-electron chi connectivity index (χ1n) is 11.6. The van der Waals surface area contributed by atoms with Crippen molar-refractivity contribution in [2.45, 2.75) is 101 Å². The third kappa shape index (κ3) is 6.11. The number of nitrogens with one attached hydrogen (secondary N) is 2. The van der Waals surface area contributed by atoms with E-state index in [4.69, 9.17) is 4.74 Å². The molecule has 1 amide bonds. The summed E-state index contributed by atoms with van der Waals surface area (Å²) < 4.78 is 5.91. The first-order valence-corrected chi connectivity index (χ1v) is 12.9. The van der Waals surface area contributed by atoms with Crippen molar-refractivity contribution in [2.75, 3.05) is 12.8 Å². The van der Waals surface area contributed by atoms with Crippen LogP contribution in [-0.4, -0.2) is 76.0 Å². The van der Waals surface area contributed by atoms with Crippen molar-refractivity contribution in [3.8, 4) is 0 Å². The van der Waals surface area contributed by atoms with Crippen molar-refractivity contribution in [2.24, 2.45) is 17.8 Å². The molecule has 7 nitrogen and oxygen atoms in total. The summed E-state index contributed by atoms with van der Waals surface area (Å²) in [5.41, 5.74) is -0.643. The van der Waals surface area contributed by atoms with E-state index < -0.39 is 35.9 Å². The van der Waals surface area contributed by atoms with Crippen LogP contribution in [0.4, 0.5) is 0 Å². The molecule has 8 unspecified atom stereocenters. The molecule has 0 spiro atoms. The number of rotatable bonds is 9. The van der Waals surface area contributed by atoms with Crippen molar-refractivity contribution in [3.63, 3.8) is 0 Å². The van der Waals surface area contributed by atoms with Gasteiger partial charge in [0, 0.05) is 0 Å². The lowest BCUT2D eigenvalue weighted by molar-refractivity contribution is -0.208. The minimum absolute atomic E-state index is 0.00326. The van der Waals surface area contributed by atoms with E-state index >= 15 is 0 Å². The summed E-state index contributed by atoms with van der Waals surface area (Å²) in [6.45, 7) is 4.77. The summed E-state index contributed by atoms with van der Waals surface area (Å²) in [5, 5.41) is 37.4. The number of amides is 1. The topological polar surface area (TPSA) is 111 Å². The average Bonchev–Trinajstić information content (AvgIpc) is 3.55. The lowest BCUT2D eigenvalue weighted by atomic mass is 9.86. The monoisotopic (exact) mass is 444 g/mol. The van der Waals surface area contributed by atoms with E-state index in [1.807, 2.05) is 13.8 Å². The van der Waals surface area contributed by atoms with Gasteiger partial charge in [0.15, 0.2) is 0 Å². The standard InChI is InChI=1S/C22H40N2O5S/c1-12(2)16(20-18(26)17(25)19(27)22(29-20)30-3)24-21(28)15-11-14(9-10-23-15)6-4-5-13-7-8-13/h12-20,22-23,25-27H,4-11H2,1-3H3,(H,24,28). The van der Waals surface area contributed by atoms with Crippen molar-refractivity contribution < 1.29 is 24.9 Å². The van der Waals surface area contributed by atoms with Crippen LogP contribution in [0, 0.1) is 17.8 Å². The molecule has 3 rings (SSSR count). The molecule has 8 heteroatoms. The predicted molar refractivity (Wildman–Crippen MR) is 118 cm³/mol. The van der Waals surface area contributed by atoms with E-state index in [0.29, 0.717) is 5.92 Å². The quantitative estimate of drug-likeness (QED) is 0.364. The molecule has 1 saturated carbocycles. The summed E-state index contributed by atoms with van der Waals surface area (Å²) in [7, 11) is 0. The van der Waals surface area contributed by atoms with E-state index in [1.54, 1.807) is 6.26 Å². The van der Waals surface area contributed by atoms with Gasteiger partial charge < -0.3 is 30.7 Å². The first kappa shape index (κ1) is 24.3. The number of piperidine rings is 1. The zero-order valence-electron chi connectivity index (χ0n) is 18.5. The summed E-state index contributed by atoms with van der Waals surface area (Å²) in [6.07, 6.45) is 5.82. The van der Waals surface area contributed by atoms with E-state index in [1.165, 1.54) is 43.9 Å². The van der Waals surface area contributed by atoms with Gasteiger partial charge in [-0.2, -0.15) is 0 Å². The fourth-order valence-electron chi connectivity index (χ4n) is 4.82. The second-order valence-electron chi connectivity index (χ2n) is 9.73. The number of aliphatic hydroxyl groups excluding tert-OH is 3. The Kier molecular flexibility index (Phi) is 8.87. The molecular weight excluding hydrogens is 404 g/mol. The van der Waals surface area contributed by atoms with Crippen LogP contribution in [-0.2, 0) is 9.53 Å². The van der Waals surface area contributed by atoms with Crippen LogP contribution in [0.2, 0.25) is 0 Å². The van der Waals surface area contributed by atoms with Gasteiger partial charge in [0.2, 0.25) is 5.91 Å². The molecule has 0 aromatic heterocycles. The highest BCUT2D eigenvalue weighted by Crippen LogP contribution is 2.35. The van der Waals surface area contributed by atoms with Gasteiger partial charge in [-0.25, -0.2) is 0 Å². The number of aliphatic hydroxyl groups is 3. The maximum atomic E-state index is 13.1. The molecule has 8 atom stereocenters. The Bertz CT molecular complexity index is 560. The smallest absolute Gasteiger partial charge is 0.237 e. The van der Waals surface area contributed by atoms with Crippen LogP contribution in [0.25, 0.3) is 0 Å². The molecule has 1 aliphatic carbocycles. The van der Waals surface area contributed by atoms with Crippen molar-refractivity contribution in [1.29, 1.82) is 0 Å². The second kappa shape index (κ2) is 11.0. The van der Waals surface area contributed by atoms with Gasteiger partial charge in [0.05, 0.1) is 12.1 Å². The highest BCUT2D eigenvalue weighted by atomic mass is 32.2. The fraction of sp³-hybridized carbons (Fsp3) is 0.955. The van der Waals surface area contributed by atoms with Gasteiger partial charge in [-0.3, -0.25) is 4.79 Å². The normalized spacial score (nSPS) is 38.4. The van der Waals surface area contributed by atoms with Gasteiger partial charge in [-0.15, -0.1) is 11.8 Å². The van der Waals surface area contributed by atoms with Crippen LogP contribution in [0.1, 0.15) is 58.8 Å². The summed E-state index contributed by atoms with van der Waals surface area (Å²) in [5.74, 6) is 1.46. The number of ether oxygens (including phenoxy) is 1. The molecular formula is C22H40N2O5S. The molecule has 0 aromatic carbocycles. The fourth-order valence-corrected chi connectivity index (χ4v) is 5.50. The number of hydrogen-bond acceptors (Lipinski definition) is 7. The van der Waals surface area contributed by atoms with E-state index in [-0.39, 0.29) is 17.9 Å². The molecule has 2 saturated heterocycles. The van der Waals surface area contributed by atoms with Gasteiger partial charge in [-0.1, -0.05) is 46.0 Å². The highest BCUT2D eigenvalue weighted by Gasteiger charge is 2.47. The molecule has 2 aliphatic heterocycles. The Morgan fingerprint density at radius 1 is 1.10 bits per heavy atom. The summed E-state index contributed by atoms with van der Waals surface area (Å²) in [6, 6.07) is -0.695. The van der Waals surface area contributed by atoms with Crippen LogP contribution in [0.15, 0.2) is 0 Å². The highest BCUT2D eigenvalue weighted by molar-refractivity contribution is 7.99. The second-order valence-corrected chi connectivity index (χ2v) is 10.7. The van der Waals surface area contributed by atoms with Crippen LogP contribution >= 0.6 is 11.8 Å². The van der Waals surface area contributed by atoms with Gasteiger partial charge in [0.25, 0.3) is 0 Å². The van der Waals surface area contributed by atoms with Crippen LogP contribution in [0.5, 0.6) is 0 Å². The first-order chi connectivity index (χ1) is 14.3. The SMILES string of the molecule is CSC1OC(C(NC(=O)C2CC(CCCC3CC3)CCN2)C(C)C)C(O)C(O)C1O. The van der Waals surface area contributed by atoms with Crippen molar-refractivity contribution in [1.82, 2.24) is 10.6 Å². The number of carbonyl (C=O) groups excluding carboxylic acids is 1. The van der Waals surface area contributed by atoms with Crippen LogP contribution < -0.4 is 10.6 Å². The molecule has 0 bridgehead atoms.